The minimum Gasteiger partial charge on any atom is -0.369 e. The van der Waals surface area contributed by atoms with E-state index in [1.807, 2.05) is 30.3 Å². The maximum absolute atomic E-state index is 12.0. The number of primary amides is 1. The number of carbonyl (C=O) groups is 1. The van der Waals surface area contributed by atoms with E-state index in [0.29, 0.717) is 12.8 Å². The highest BCUT2D eigenvalue weighted by Gasteiger charge is 2.33. The summed E-state index contributed by atoms with van der Waals surface area (Å²) in [6, 6.07) is 8.76. The zero-order valence-corrected chi connectivity index (χ0v) is 11.8. The van der Waals surface area contributed by atoms with Crippen molar-refractivity contribution in [3.63, 3.8) is 0 Å². The van der Waals surface area contributed by atoms with Crippen LogP contribution in [-0.2, 0) is 14.8 Å². The van der Waals surface area contributed by atoms with Gasteiger partial charge in [0.25, 0.3) is 0 Å². The van der Waals surface area contributed by atoms with E-state index in [-0.39, 0.29) is 0 Å². The summed E-state index contributed by atoms with van der Waals surface area (Å²) < 4.78 is 26.5. The number of carbonyl (C=O) groups excluding carboxylic acids is 1. The fraction of sp³-hybridized carbons (Fsp3) is 0.357. The highest BCUT2D eigenvalue weighted by molar-refractivity contribution is 7.92. The van der Waals surface area contributed by atoms with Crippen molar-refractivity contribution in [2.24, 2.45) is 11.7 Å². The number of benzene rings is 1. The smallest absolute Gasteiger partial charge is 0.234 e. The average Bonchev–Trinajstić information content (AvgIpc) is 2.85. The summed E-state index contributed by atoms with van der Waals surface area (Å²) in [5, 5.41) is 1.12. The molecule has 0 aliphatic heterocycles. The van der Waals surface area contributed by atoms with Crippen molar-refractivity contribution < 1.29 is 13.2 Å². The largest absolute Gasteiger partial charge is 0.369 e. The molecule has 3 N–H and O–H groups in total. The maximum Gasteiger partial charge on any atom is 0.234 e. The number of hydrogen-bond donors (Lipinski definition) is 2. The van der Waals surface area contributed by atoms with Gasteiger partial charge in [0.1, 0.15) is 0 Å². The molecule has 20 heavy (non-hydrogen) atoms. The molecule has 0 aromatic heterocycles. The molecule has 1 aromatic rings. The Kier molecular flexibility index (Phi) is 4.57. The van der Waals surface area contributed by atoms with Crippen LogP contribution in [0.1, 0.15) is 24.8 Å². The Bertz CT molecular complexity index is 596. The number of nitrogens with two attached hydrogens (primary N) is 1. The van der Waals surface area contributed by atoms with E-state index < -0.39 is 27.9 Å². The van der Waals surface area contributed by atoms with Gasteiger partial charge in [-0.25, -0.2) is 13.1 Å². The van der Waals surface area contributed by atoms with Gasteiger partial charge in [-0.2, -0.15) is 0 Å². The molecule has 0 radical (unpaired) electrons. The minimum atomic E-state index is -3.57. The highest BCUT2D eigenvalue weighted by atomic mass is 32.2. The van der Waals surface area contributed by atoms with Gasteiger partial charge in [-0.1, -0.05) is 36.8 Å². The van der Waals surface area contributed by atoms with Crippen molar-refractivity contribution in [1.82, 2.24) is 4.72 Å². The van der Waals surface area contributed by atoms with Crippen molar-refractivity contribution in [3.8, 4) is 0 Å². The first kappa shape index (κ1) is 14.7. The molecule has 0 heterocycles. The molecule has 0 saturated heterocycles. The lowest BCUT2D eigenvalue weighted by molar-refractivity contribution is -0.122. The fourth-order valence-electron chi connectivity index (χ4n) is 2.42. The Labute approximate surface area is 118 Å². The van der Waals surface area contributed by atoms with E-state index in [0.717, 1.165) is 17.4 Å². The zero-order chi connectivity index (χ0) is 14.6. The molecular weight excluding hydrogens is 276 g/mol. The van der Waals surface area contributed by atoms with Gasteiger partial charge in [0, 0.05) is 11.4 Å². The number of sulfonamides is 1. The van der Waals surface area contributed by atoms with E-state index >= 15 is 0 Å². The van der Waals surface area contributed by atoms with Crippen molar-refractivity contribution in [2.45, 2.75) is 25.3 Å². The van der Waals surface area contributed by atoms with Crippen molar-refractivity contribution in [1.29, 1.82) is 0 Å². The van der Waals surface area contributed by atoms with Crippen molar-refractivity contribution >= 4 is 22.0 Å². The molecule has 0 bridgehead atoms. The first-order chi connectivity index (χ1) is 9.48. The van der Waals surface area contributed by atoms with Crippen molar-refractivity contribution in [2.75, 3.05) is 0 Å². The summed E-state index contributed by atoms with van der Waals surface area (Å²) in [7, 11) is -3.57. The maximum atomic E-state index is 12.0. The fourth-order valence-corrected chi connectivity index (χ4v) is 3.54. The molecule has 1 saturated carbocycles. The number of amides is 1. The Morgan fingerprint density at radius 1 is 1.25 bits per heavy atom. The Morgan fingerprint density at radius 3 is 2.60 bits per heavy atom. The summed E-state index contributed by atoms with van der Waals surface area (Å²) in [4.78, 5) is 11.2. The van der Waals surface area contributed by atoms with Crippen LogP contribution in [0.15, 0.2) is 35.7 Å². The molecular formula is C14H18N2O3S. The van der Waals surface area contributed by atoms with Gasteiger partial charge in [-0.3, -0.25) is 4.79 Å². The van der Waals surface area contributed by atoms with Crippen LogP contribution in [0.3, 0.4) is 0 Å². The molecule has 2 unspecified atom stereocenters. The lowest BCUT2D eigenvalue weighted by Gasteiger charge is -2.16. The third-order valence-electron chi connectivity index (χ3n) is 3.44. The van der Waals surface area contributed by atoms with Crippen LogP contribution in [0.4, 0.5) is 0 Å². The van der Waals surface area contributed by atoms with Gasteiger partial charge in [-0.15, -0.1) is 0 Å². The molecule has 2 rings (SSSR count). The molecule has 5 nitrogen and oxygen atoms in total. The van der Waals surface area contributed by atoms with Crippen LogP contribution in [0.2, 0.25) is 0 Å². The summed E-state index contributed by atoms with van der Waals surface area (Å²) in [5.41, 5.74) is 6.08. The third kappa shape index (κ3) is 3.91. The summed E-state index contributed by atoms with van der Waals surface area (Å²) >= 11 is 0. The Balaban J connectivity index is 2.04. The van der Waals surface area contributed by atoms with E-state index in [2.05, 4.69) is 4.72 Å². The molecule has 1 aromatic carbocycles. The molecule has 1 aliphatic rings. The van der Waals surface area contributed by atoms with Crippen LogP contribution < -0.4 is 10.5 Å². The van der Waals surface area contributed by atoms with Crippen LogP contribution in [0.5, 0.6) is 0 Å². The number of hydrogen-bond acceptors (Lipinski definition) is 3. The third-order valence-corrected chi connectivity index (χ3v) is 4.56. The van der Waals surface area contributed by atoms with Crippen LogP contribution in [0.25, 0.3) is 6.08 Å². The highest BCUT2D eigenvalue weighted by Crippen LogP contribution is 2.26. The first-order valence-corrected chi connectivity index (χ1v) is 8.07. The monoisotopic (exact) mass is 294 g/mol. The van der Waals surface area contributed by atoms with Crippen LogP contribution in [0, 0.1) is 5.92 Å². The quantitative estimate of drug-likeness (QED) is 0.856. The van der Waals surface area contributed by atoms with Gasteiger partial charge in [0.15, 0.2) is 0 Å². The van der Waals surface area contributed by atoms with E-state index in [4.69, 9.17) is 5.73 Å². The van der Waals surface area contributed by atoms with E-state index in [1.165, 1.54) is 6.08 Å². The molecule has 1 aliphatic carbocycles. The number of rotatable bonds is 5. The Morgan fingerprint density at radius 2 is 1.95 bits per heavy atom. The topological polar surface area (TPSA) is 89.3 Å². The molecule has 2 atom stereocenters. The summed E-state index contributed by atoms with van der Waals surface area (Å²) in [5.74, 6) is -0.850. The minimum absolute atomic E-state index is 0.391. The van der Waals surface area contributed by atoms with Gasteiger partial charge in [0.2, 0.25) is 15.9 Å². The lowest BCUT2D eigenvalue weighted by Crippen LogP contribution is -2.41. The lowest BCUT2D eigenvalue weighted by atomic mass is 10.0. The van der Waals surface area contributed by atoms with E-state index in [9.17, 15) is 13.2 Å². The second-order valence-electron chi connectivity index (χ2n) is 4.92. The normalized spacial score (nSPS) is 23.2. The standard InChI is InChI=1S/C14H18N2O3S/c15-14(17)12-7-4-8-13(12)16-20(18,19)10-9-11-5-2-1-3-6-11/h1-3,5-6,9-10,12-13,16H,4,7-8H2,(H2,15,17)/b10-9+. The molecule has 1 fully saturated rings. The van der Waals surface area contributed by atoms with Crippen LogP contribution >= 0.6 is 0 Å². The number of nitrogens with one attached hydrogen (secondary N) is 1. The second kappa shape index (κ2) is 6.19. The van der Waals surface area contributed by atoms with Gasteiger partial charge < -0.3 is 5.73 Å². The molecule has 108 valence electrons. The molecule has 6 heteroatoms. The summed E-state index contributed by atoms with van der Waals surface area (Å²) in [6.07, 6.45) is 3.62. The molecule has 1 amide bonds. The second-order valence-corrected chi connectivity index (χ2v) is 6.52. The zero-order valence-electron chi connectivity index (χ0n) is 11.0. The SMILES string of the molecule is NC(=O)C1CCCC1NS(=O)(=O)/C=C/c1ccccc1. The summed E-state index contributed by atoms with van der Waals surface area (Å²) in [6.45, 7) is 0. The van der Waals surface area contributed by atoms with E-state index in [1.54, 1.807) is 0 Å². The average molecular weight is 294 g/mol. The predicted molar refractivity (Wildman–Crippen MR) is 77.9 cm³/mol. The van der Waals surface area contributed by atoms with Crippen molar-refractivity contribution in [3.05, 3.63) is 41.3 Å². The predicted octanol–water partition coefficient (Wildman–Crippen LogP) is 1.23. The van der Waals surface area contributed by atoms with Gasteiger partial charge >= 0.3 is 0 Å². The Hall–Kier alpha value is -1.66. The van der Waals surface area contributed by atoms with Gasteiger partial charge in [-0.05, 0) is 24.5 Å². The molecule has 0 spiro atoms. The van der Waals surface area contributed by atoms with Crippen LogP contribution in [-0.4, -0.2) is 20.4 Å². The first-order valence-electron chi connectivity index (χ1n) is 6.53. The van der Waals surface area contributed by atoms with Gasteiger partial charge in [0.05, 0.1) is 5.92 Å².